The van der Waals surface area contributed by atoms with E-state index < -0.39 is 0 Å². The van der Waals surface area contributed by atoms with E-state index >= 15 is 0 Å². The molecule has 0 fully saturated rings. The van der Waals surface area contributed by atoms with Crippen LogP contribution in [0.1, 0.15) is 33.5 Å². The maximum Gasteiger partial charge on any atom is 0.150 e. The topological polar surface area (TPSA) is 23.6 Å². The first-order valence-corrected chi connectivity index (χ1v) is 10.4. The molecule has 0 atom stereocenters. The molecule has 3 nitrogen and oxygen atoms in total. The number of rotatable bonds is 7. The number of fused-ring (bicyclic) bond motifs is 2. The van der Waals surface area contributed by atoms with Crippen molar-refractivity contribution in [1.82, 2.24) is 4.90 Å². The van der Waals surface area contributed by atoms with Gasteiger partial charge in [0.25, 0.3) is 0 Å². The molecule has 0 radical (unpaired) electrons. The smallest absolute Gasteiger partial charge is 0.150 e. The van der Waals surface area contributed by atoms with Crippen molar-refractivity contribution in [2.24, 2.45) is 0 Å². The normalized spacial score (nSPS) is 13.0. The molecule has 3 aromatic carbocycles. The Morgan fingerprint density at radius 3 is 2.45 bits per heavy atom. The molecule has 1 heterocycles. The number of carbonyl (C=O) groups excluding carboxylic acids is 1. The molecule has 3 heteroatoms. The Labute approximate surface area is 173 Å². The first-order chi connectivity index (χ1) is 14.2. The summed E-state index contributed by atoms with van der Waals surface area (Å²) in [6, 6.07) is 25.5. The van der Waals surface area contributed by atoms with Crippen LogP contribution in [0.3, 0.4) is 0 Å². The molecule has 1 aliphatic rings. The van der Waals surface area contributed by atoms with E-state index in [2.05, 4.69) is 83.6 Å². The van der Waals surface area contributed by atoms with Gasteiger partial charge in [0, 0.05) is 30.0 Å². The van der Waals surface area contributed by atoms with Gasteiger partial charge in [-0.05, 0) is 73.8 Å². The average molecular weight is 385 g/mol. The molecule has 0 aromatic heterocycles. The first-order valence-electron chi connectivity index (χ1n) is 10.4. The number of aldehydes is 1. The predicted octanol–water partition coefficient (Wildman–Crippen LogP) is 5.26. The molecular formula is C26H28N2O. The molecule has 0 aliphatic carbocycles. The highest BCUT2D eigenvalue weighted by Crippen LogP contribution is 2.36. The van der Waals surface area contributed by atoms with Crippen molar-refractivity contribution in [3.8, 4) is 0 Å². The second-order valence-corrected chi connectivity index (χ2v) is 7.86. The maximum atomic E-state index is 11.3. The fourth-order valence-corrected chi connectivity index (χ4v) is 4.24. The van der Waals surface area contributed by atoms with Crippen molar-refractivity contribution in [2.75, 3.05) is 25.0 Å². The van der Waals surface area contributed by atoms with Crippen molar-refractivity contribution >= 4 is 17.7 Å². The van der Waals surface area contributed by atoms with Gasteiger partial charge in [-0.2, -0.15) is 0 Å². The third kappa shape index (κ3) is 4.57. The van der Waals surface area contributed by atoms with Gasteiger partial charge in [0.05, 0.1) is 0 Å². The minimum Gasteiger partial charge on any atom is -0.341 e. The lowest BCUT2D eigenvalue weighted by molar-refractivity contribution is 0.112. The summed E-state index contributed by atoms with van der Waals surface area (Å²) < 4.78 is 0. The predicted molar refractivity (Wildman–Crippen MR) is 120 cm³/mol. The summed E-state index contributed by atoms with van der Waals surface area (Å²) in [6.07, 6.45) is 4.00. The summed E-state index contributed by atoms with van der Waals surface area (Å²) in [5.41, 5.74) is 7.30. The molecule has 29 heavy (non-hydrogen) atoms. The molecule has 0 saturated heterocycles. The highest BCUT2D eigenvalue weighted by Gasteiger charge is 2.20. The summed E-state index contributed by atoms with van der Waals surface area (Å²) in [4.78, 5) is 16.1. The molecule has 0 bridgehead atoms. The Morgan fingerprint density at radius 1 is 0.897 bits per heavy atom. The average Bonchev–Trinajstić information content (AvgIpc) is 2.91. The first kappa shape index (κ1) is 19.4. The standard InChI is InChI=1S/C26H28N2O/c1-27(19-21-8-3-2-4-9-21)16-7-17-28-25-11-6-5-10-23(25)13-14-24-18-22(20-29)12-15-26(24)28/h2-6,8-12,15,18,20H,7,13-14,16-17,19H2,1H3. The minimum atomic E-state index is 0.761. The highest BCUT2D eigenvalue weighted by molar-refractivity contribution is 5.79. The van der Waals surface area contributed by atoms with Crippen LogP contribution in [0.2, 0.25) is 0 Å². The number of para-hydroxylation sites is 1. The summed E-state index contributed by atoms with van der Waals surface area (Å²) >= 11 is 0. The summed E-state index contributed by atoms with van der Waals surface area (Å²) in [5, 5.41) is 0. The number of anilines is 2. The van der Waals surface area contributed by atoms with Crippen molar-refractivity contribution < 1.29 is 4.79 Å². The Bertz CT molecular complexity index is 967. The lowest BCUT2D eigenvalue weighted by Gasteiger charge is -2.28. The largest absolute Gasteiger partial charge is 0.341 e. The van der Waals surface area contributed by atoms with Crippen LogP contribution in [0, 0.1) is 0 Å². The van der Waals surface area contributed by atoms with Gasteiger partial charge >= 0.3 is 0 Å². The Hall–Kier alpha value is -2.91. The zero-order chi connectivity index (χ0) is 20.1. The van der Waals surface area contributed by atoms with E-state index in [-0.39, 0.29) is 0 Å². The monoisotopic (exact) mass is 384 g/mol. The fraction of sp³-hybridized carbons (Fsp3) is 0.269. The highest BCUT2D eigenvalue weighted by atomic mass is 16.1. The summed E-state index contributed by atoms with van der Waals surface area (Å²) in [6.45, 7) is 2.97. The SMILES string of the molecule is CN(CCCN1c2ccccc2CCc2cc(C=O)ccc21)Cc1ccccc1. The number of nitrogens with zero attached hydrogens (tertiary/aromatic N) is 2. The Morgan fingerprint density at radius 2 is 1.62 bits per heavy atom. The third-order valence-corrected chi connectivity index (χ3v) is 5.69. The lowest BCUT2D eigenvalue weighted by atomic mass is 10.0. The number of carbonyl (C=O) groups is 1. The van der Waals surface area contributed by atoms with Crippen LogP contribution in [0.25, 0.3) is 0 Å². The molecular weight excluding hydrogens is 356 g/mol. The van der Waals surface area contributed by atoms with Crippen molar-refractivity contribution in [1.29, 1.82) is 0 Å². The lowest BCUT2D eigenvalue weighted by Crippen LogP contribution is -2.25. The molecule has 0 saturated carbocycles. The quantitative estimate of drug-likeness (QED) is 0.519. The third-order valence-electron chi connectivity index (χ3n) is 5.69. The zero-order valence-electron chi connectivity index (χ0n) is 17.1. The van der Waals surface area contributed by atoms with Crippen LogP contribution < -0.4 is 4.90 Å². The van der Waals surface area contributed by atoms with Gasteiger partial charge in [-0.3, -0.25) is 4.79 Å². The summed E-state index contributed by atoms with van der Waals surface area (Å²) in [5.74, 6) is 0. The fourth-order valence-electron chi connectivity index (χ4n) is 4.24. The van der Waals surface area contributed by atoms with Gasteiger partial charge in [-0.1, -0.05) is 48.5 Å². The number of hydrogen-bond acceptors (Lipinski definition) is 3. The van der Waals surface area contributed by atoms with Crippen LogP contribution in [-0.2, 0) is 19.4 Å². The second-order valence-electron chi connectivity index (χ2n) is 7.86. The van der Waals surface area contributed by atoms with Crippen LogP contribution in [0.5, 0.6) is 0 Å². The van der Waals surface area contributed by atoms with Gasteiger partial charge < -0.3 is 9.80 Å². The maximum absolute atomic E-state index is 11.3. The van der Waals surface area contributed by atoms with E-state index in [1.807, 2.05) is 6.07 Å². The van der Waals surface area contributed by atoms with Crippen molar-refractivity contribution in [3.63, 3.8) is 0 Å². The van der Waals surface area contributed by atoms with Crippen LogP contribution in [0.4, 0.5) is 11.4 Å². The van der Waals surface area contributed by atoms with E-state index in [1.54, 1.807) is 0 Å². The zero-order valence-corrected chi connectivity index (χ0v) is 17.1. The van der Waals surface area contributed by atoms with Gasteiger partial charge in [0.1, 0.15) is 6.29 Å². The second kappa shape index (κ2) is 9.06. The number of hydrogen-bond donors (Lipinski definition) is 0. The van der Waals surface area contributed by atoms with Crippen molar-refractivity contribution in [3.05, 3.63) is 95.1 Å². The van der Waals surface area contributed by atoms with E-state index in [0.29, 0.717) is 0 Å². The van der Waals surface area contributed by atoms with Crippen LogP contribution in [-0.4, -0.2) is 31.3 Å². The number of benzene rings is 3. The van der Waals surface area contributed by atoms with Gasteiger partial charge in [-0.25, -0.2) is 0 Å². The Balaban J connectivity index is 1.50. The Kier molecular flexibility index (Phi) is 6.06. The van der Waals surface area contributed by atoms with E-state index in [0.717, 1.165) is 50.7 Å². The molecule has 0 amide bonds. The van der Waals surface area contributed by atoms with Gasteiger partial charge in [0.15, 0.2) is 0 Å². The molecule has 4 rings (SSSR count). The molecule has 0 N–H and O–H groups in total. The van der Waals surface area contributed by atoms with Crippen molar-refractivity contribution in [2.45, 2.75) is 25.8 Å². The minimum absolute atomic E-state index is 0.761. The van der Waals surface area contributed by atoms with Crippen LogP contribution >= 0.6 is 0 Å². The molecule has 1 aliphatic heterocycles. The van der Waals surface area contributed by atoms with Gasteiger partial charge in [-0.15, -0.1) is 0 Å². The molecule has 0 unspecified atom stereocenters. The van der Waals surface area contributed by atoms with E-state index in [9.17, 15) is 4.79 Å². The molecule has 0 spiro atoms. The van der Waals surface area contributed by atoms with Crippen LogP contribution in [0.15, 0.2) is 72.8 Å². The molecule has 3 aromatic rings. The molecule has 148 valence electrons. The van der Waals surface area contributed by atoms with E-state index in [4.69, 9.17) is 0 Å². The van der Waals surface area contributed by atoms with Gasteiger partial charge in [0.2, 0.25) is 0 Å². The number of aryl methyl sites for hydroxylation is 2. The van der Waals surface area contributed by atoms with E-state index in [1.165, 1.54) is 28.1 Å². The summed E-state index contributed by atoms with van der Waals surface area (Å²) in [7, 11) is 2.19.